The van der Waals surface area contributed by atoms with Gasteiger partial charge < -0.3 is 5.73 Å². The van der Waals surface area contributed by atoms with Crippen LogP contribution in [0.1, 0.15) is 43.6 Å². The molecule has 1 spiro atoms. The Morgan fingerprint density at radius 3 is 2.63 bits per heavy atom. The van der Waals surface area contributed by atoms with Crippen molar-refractivity contribution in [1.29, 1.82) is 0 Å². The summed E-state index contributed by atoms with van der Waals surface area (Å²) in [5.41, 5.74) is 8.65. The summed E-state index contributed by atoms with van der Waals surface area (Å²) in [5.74, 6) is 3.42. The van der Waals surface area contributed by atoms with Gasteiger partial charge in [-0.3, -0.25) is 4.99 Å². The second-order valence-corrected chi connectivity index (χ2v) is 9.95. The summed E-state index contributed by atoms with van der Waals surface area (Å²) in [5, 5.41) is 2.50. The van der Waals surface area contributed by atoms with Gasteiger partial charge in [-0.05, 0) is 55.0 Å². The van der Waals surface area contributed by atoms with Crippen molar-refractivity contribution in [3.8, 4) is 23.0 Å². The maximum atomic E-state index is 13.6. The lowest BCUT2D eigenvalue weighted by molar-refractivity contribution is -0.101. The first-order valence-electron chi connectivity index (χ1n) is 8.77. The largest absolute Gasteiger partial charge is 0.378 e. The second kappa shape index (κ2) is 6.35. The first kappa shape index (κ1) is 18.5. The number of nitrogens with zero attached hydrogens (tertiary/aromatic N) is 1. The van der Waals surface area contributed by atoms with Crippen LogP contribution < -0.4 is 5.73 Å². The standard InChI is InChI=1S/C21H20F2N2S2/c1-3-5-14-6-4-7-15(8-14)16-9-17(26-10-16)19(2)11-20(27-18(24)25-19)12-21(22,23)13-20/h4,6-10H,11-13H2,1-2H3,(H2,24,25). The number of benzene rings is 1. The van der Waals surface area contributed by atoms with Gasteiger partial charge in [-0.25, -0.2) is 8.78 Å². The van der Waals surface area contributed by atoms with Crippen LogP contribution in [-0.2, 0) is 5.54 Å². The number of halogens is 2. The normalized spacial score (nSPS) is 25.3. The van der Waals surface area contributed by atoms with Crippen LogP contribution in [0.4, 0.5) is 8.78 Å². The number of alkyl halides is 2. The lowest BCUT2D eigenvalue weighted by atomic mass is 9.72. The Labute approximate surface area is 166 Å². The molecule has 2 N–H and O–H groups in total. The van der Waals surface area contributed by atoms with Crippen LogP contribution in [0, 0.1) is 11.8 Å². The van der Waals surface area contributed by atoms with Gasteiger partial charge in [0, 0.05) is 28.0 Å². The zero-order valence-corrected chi connectivity index (χ0v) is 16.8. The molecule has 4 rings (SSSR count). The molecule has 0 amide bonds. The van der Waals surface area contributed by atoms with Crippen molar-refractivity contribution in [2.24, 2.45) is 10.7 Å². The highest BCUT2D eigenvalue weighted by Crippen LogP contribution is 2.61. The van der Waals surface area contributed by atoms with Crippen LogP contribution in [0.25, 0.3) is 11.1 Å². The molecule has 1 aliphatic carbocycles. The fraction of sp³-hybridized carbons (Fsp3) is 0.381. The summed E-state index contributed by atoms with van der Waals surface area (Å²) in [6.45, 7) is 3.83. The lowest BCUT2D eigenvalue weighted by Gasteiger charge is -2.51. The molecule has 1 aromatic carbocycles. The Morgan fingerprint density at radius 2 is 1.93 bits per heavy atom. The number of rotatable bonds is 2. The van der Waals surface area contributed by atoms with Crippen molar-refractivity contribution in [2.45, 2.75) is 49.3 Å². The van der Waals surface area contributed by atoms with Gasteiger partial charge in [-0.15, -0.1) is 17.3 Å². The first-order chi connectivity index (χ1) is 12.7. The average Bonchev–Trinajstić information content (AvgIpc) is 3.03. The predicted molar refractivity (Wildman–Crippen MR) is 110 cm³/mol. The summed E-state index contributed by atoms with van der Waals surface area (Å²) in [6, 6.07) is 10.2. The zero-order valence-electron chi connectivity index (χ0n) is 15.2. The van der Waals surface area contributed by atoms with E-state index < -0.39 is 16.2 Å². The third kappa shape index (κ3) is 3.51. The van der Waals surface area contributed by atoms with E-state index in [9.17, 15) is 8.78 Å². The molecular formula is C21H20F2N2S2. The fourth-order valence-corrected chi connectivity index (χ4v) is 6.75. The molecule has 2 heterocycles. The van der Waals surface area contributed by atoms with E-state index in [1.807, 2.05) is 26.0 Å². The number of hydrogen-bond acceptors (Lipinski definition) is 4. The molecule has 1 saturated carbocycles. The van der Waals surface area contributed by atoms with Gasteiger partial charge in [0.15, 0.2) is 5.17 Å². The zero-order chi connectivity index (χ0) is 19.3. The van der Waals surface area contributed by atoms with Crippen LogP contribution in [-0.4, -0.2) is 15.8 Å². The topological polar surface area (TPSA) is 38.4 Å². The van der Waals surface area contributed by atoms with Crippen LogP contribution in [0.5, 0.6) is 0 Å². The maximum absolute atomic E-state index is 13.6. The number of nitrogens with two attached hydrogens (primary N) is 1. The molecule has 27 heavy (non-hydrogen) atoms. The van der Waals surface area contributed by atoms with Gasteiger partial charge in [0.2, 0.25) is 0 Å². The molecule has 0 radical (unpaired) electrons. The van der Waals surface area contributed by atoms with Crippen molar-refractivity contribution in [3.63, 3.8) is 0 Å². The molecule has 1 atom stereocenters. The quantitative estimate of drug-likeness (QED) is 0.662. The molecule has 2 aromatic rings. The molecule has 1 aliphatic heterocycles. The van der Waals surface area contributed by atoms with E-state index in [-0.39, 0.29) is 12.8 Å². The third-order valence-electron chi connectivity index (χ3n) is 5.10. The maximum Gasteiger partial charge on any atom is 0.250 e. The van der Waals surface area contributed by atoms with E-state index in [1.165, 1.54) is 11.8 Å². The molecule has 1 aromatic heterocycles. The van der Waals surface area contributed by atoms with E-state index in [1.54, 1.807) is 11.3 Å². The van der Waals surface area contributed by atoms with E-state index in [0.717, 1.165) is 21.6 Å². The molecule has 0 bridgehead atoms. The first-order valence-corrected chi connectivity index (χ1v) is 10.5. The number of hydrogen-bond donors (Lipinski definition) is 1. The highest BCUT2D eigenvalue weighted by Gasteiger charge is 2.61. The molecule has 6 heteroatoms. The predicted octanol–water partition coefficient (Wildman–Crippen LogP) is 5.62. The summed E-state index contributed by atoms with van der Waals surface area (Å²) < 4.78 is 26.6. The highest BCUT2D eigenvalue weighted by molar-refractivity contribution is 8.15. The minimum Gasteiger partial charge on any atom is -0.378 e. The van der Waals surface area contributed by atoms with Crippen LogP contribution in [0.15, 0.2) is 40.7 Å². The molecule has 0 saturated heterocycles. The molecule has 140 valence electrons. The van der Waals surface area contributed by atoms with Gasteiger partial charge in [0.05, 0.1) is 5.54 Å². The SMILES string of the molecule is CC#Cc1cccc(-c2csc(C3(C)CC4(CC(F)(F)C4)SC(N)=N3)c2)c1. The van der Waals surface area contributed by atoms with E-state index in [4.69, 9.17) is 5.73 Å². The van der Waals surface area contributed by atoms with Crippen LogP contribution >= 0.6 is 23.1 Å². The van der Waals surface area contributed by atoms with E-state index >= 15 is 0 Å². The summed E-state index contributed by atoms with van der Waals surface area (Å²) in [6.07, 6.45) is 0.348. The van der Waals surface area contributed by atoms with Gasteiger partial charge in [-0.2, -0.15) is 0 Å². The Balaban J connectivity index is 1.65. The van der Waals surface area contributed by atoms with Gasteiger partial charge in [0.25, 0.3) is 5.92 Å². The highest BCUT2D eigenvalue weighted by atomic mass is 32.2. The van der Waals surface area contributed by atoms with Gasteiger partial charge in [-0.1, -0.05) is 29.8 Å². The lowest BCUT2D eigenvalue weighted by Crippen LogP contribution is -2.55. The van der Waals surface area contributed by atoms with Crippen molar-refractivity contribution >= 4 is 28.3 Å². The van der Waals surface area contributed by atoms with E-state index in [0.29, 0.717) is 11.6 Å². The van der Waals surface area contributed by atoms with Crippen LogP contribution in [0.2, 0.25) is 0 Å². The minimum atomic E-state index is -2.58. The summed E-state index contributed by atoms with van der Waals surface area (Å²) >= 11 is 2.93. The van der Waals surface area contributed by atoms with Crippen molar-refractivity contribution < 1.29 is 8.78 Å². The van der Waals surface area contributed by atoms with Gasteiger partial charge in [0.1, 0.15) is 0 Å². The molecular weight excluding hydrogens is 382 g/mol. The third-order valence-corrected chi connectivity index (χ3v) is 7.45. The van der Waals surface area contributed by atoms with Crippen molar-refractivity contribution in [1.82, 2.24) is 0 Å². The van der Waals surface area contributed by atoms with Gasteiger partial charge >= 0.3 is 0 Å². The van der Waals surface area contributed by atoms with Crippen molar-refractivity contribution in [3.05, 3.63) is 46.2 Å². The molecule has 2 nitrogen and oxygen atoms in total. The Hall–Kier alpha value is -1.84. The summed E-state index contributed by atoms with van der Waals surface area (Å²) in [4.78, 5) is 5.72. The monoisotopic (exact) mass is 402 g/mol. The minimum absolute atomic E-state index is 0.119. The molecule has 2 aliphatic rings. The number of amidine groups is 1. The van der Waals surface area contributed by atoms with Crippen molar-refractivity contribution in [2.75, 3.05) is 0 Å². The average molecular weight is 403 g/mol. The van der Waals surface area contributed by atoms with E-state index in [2.05, 4.69) is 40.4 Å². The number of thiophene rings is 1. The van der Waals surface area contributed by atoms with Crippen LogP contribution in [0.3, 0.4) is 0 Å². The Kier molecular flexibility index (Phi) is 4.36. The Bertz CT molecular complexity index is 975. The smallest absolute Gasteiger partial charge is 0.250 e. The Morgan fingerprint density at radius 1 is 1.15 bits per heavy atom. The number of aliphatic imine (C=N–C) groups is 1. The molecule has 1 unspecified atom stereocenters. The molecule has 1 fully saturated rings. The fourth-order valence-electron chi connectivity index (χ4n) is 4.11. The second-order valence-electron chi connectivity index (χ2n) is 7.55. The summed E-state index contributed by atoms with van der Waals surface area (Å²) in [7, 11) is 0. The number of thioether (sulfide) groups is 1.